The molecule has 2 aromatic rings. The lowest BCUT2D eigenvalue weighted by Crippen LogP contribution is -2.29. The summed E-state index contributed by atoms with van der Waals surface area (Å²) in [6.45, 7) is 0.626. The molecule has 156 valence electrons. The number of rotatable bonds is 11. The van der Waals surface area contributed by atoms with Crippen molar-refractivity contribution < 1.29 is 18.6 Å². The molecule has 2 rings (SSSR count). The molecule has 0 fully saturated rings. The summed E-state index contributed by atoms with van der Waals surface area (Å²) in [6.07, 6.45) is 1.94. The summed E-state index contributed by atoms with van der Waals surface area (Å²) in [5.74, 6) is 1.89. The predicted octanol–water partition coefficient (Wildman–Crippen LogP) is 4.94. The van der Waals surface area contributed by atoms with Gasteiger partial charge in [-0.3, -0.25) is 4.57 Å². The first-order valence-corrected chi connectivity index (χ1v) is 12.5. The first-order valence-electron chi connectivity index (χ1n) is 8.55. The molecule has 2 aromatic carbocycles. The van der Waals surface area contributed by atoms with Crippen molar-refractivity contribution in [2.45, 2.75) is 11.5 Å². The van der Waals surface area contributed by atoms with Crippen LogP contribution >= 0.6 is 42.6 Å². The standard InChI is InChI=1S/C18H25Cl2N2O4PS/c1-24-16-13-6-4-5-7-14(13)17(25-2)18(28-3)15(16)12-26-27(21,23)22(10-8-19)11-9-20/h4-7H,8-12H2,1-3H3,(H2,21,23). The molecule has 0 spiro atoms. The minimum absolute atomic E-state index is 0.00457. The zero-order valence-corrected chi connectivity index (χ0v) is 19.3. The first kappa shape index (κ1) is 23.6. The first-order chi connectivity index (χ1) is 13.4. The third-order valence-corrected chi connectivity index (χ3v) is 7.12. The Labute approximate surface area is 180 Å². The summed E-state index contributed by atoms with van der Waals surface area (Å²) in [6, 6.07) is 7.77. The van der Waals surface area contributed by atoms with Gasteiger partial charge in [0.1, 0.15) is 11.5 Å². The highest BCUT2D eigenvalue weighted by molar-refractivity contribution is 7.98. The molecule has 0 aliphatic carbocycles. The van der Waals surface area contributed by atoms with Gasteiger partial charge in [-0.05, 0) is 6.26 Å². The Bertz CT molecular complexity index is 850. The Hall–Kier alpha value is -0.660. The topological polar surface area (TPSA) is 74.0 Å². The highest BCUT2D eigenvalue weighted by atomic mass is 35.5. The fraction of sp³-hybridized carbons (Fsp3) is 0.444. The number of ether oxygens (including phenoxy) is 2. The maximum absolute atomic E-state index is 13.0. The molecule has 0 saturated carbocycles. The molecule has 0 heterocycles. The maximum atomic E-state index is 13.0. The molecule has 10 heteroatoms. The van der Waals surface area contributed by atoms with Gasteiger partial charge in [0.2, 0.25) is 0 Å². The van der Waals surface area contributed by atoms with Gasteiger partial charge in [0.15, 0.2) is 0 Å². The van der Waals surface area contributed by atoms with Crippen LogP contribution in [0.25, 0.3) is 10.8 Å². The van der Waals surface area contributed by atoms with E-state index in [9.17, 15) is 4.57 Å². The van der Waals surface area contributed by atoms with Crippen LogP contribution in [0.1, 0.15) is 5.56 Å². The number of methoxy groups -OCH3 is 2. The molecular weight excluding hydrogens is 442 g/mol. The van der Waals surface area contributed by atoms with E-state index in [0.717, 1.165) is 21.2 Å². The zero-order chi connectivity index (χ0) is 20.7. The number of halogens is 2. The second-order valence-electron chi connectivity index (χ2n) is 5.79. The van der Waals surface area contributed by atoms with Crippen molar-refractivity contribution in [3.05, 3.63) is 29.8 Å². The molecule has 0 saturated heterocycles. The number of fused-ring (bicyclic) bond motifs is 1. The van der Waals surface area contributed by atoms with Crippen molar-refractivity contribution >= 4 is 53.4 Å². The molecule has 1 atom stereocenters. The Balaban J connectivity index is 2.50. The third kappa shape index (κ3) is 5.08. The van der Waals surface area contributed by atoms with E-state index in [1.807, 2.05) is 30.5 Å². The molecule has 0 aromatic heterocycles. The fourth-order valence-electron chi connectivity index (χ4n) is 3.01. The van der Waals surface area contributed by atoms with Gasteiger partial charge >= 0.3 is 7.67 Å². The smallest absolute Gasteiger partial charge is 0.341 e. The normalized spacial score (nSPS) is 13.7. The highest BCUT2D eigenvalue weighted by Gasteiger charge is 2.29. The van der Waals surface area contributed by atoms with E-state index < -0.39 is 7.67 Å². The third-order valence-electron chi connectivity index (χ3n) is 4.26. The lowest BCUT2D eigenvalue weighted by Gasteiger charge is -2.27. The summed E-state index contributed by atoms with van der Waals surface area (Å²) in [5, 5.41) is 1.81. The number of alkyl halides is 2. The fourth-order valence-corrected chi connectivity index (χ4v) is 5.67. The monoisotopic (exact) mass is 466 g/mol. The van der Waals surface area contributed by atoms with Gasteiger partial charge in [-0.15, -0.1) is 35.0 Å². The van der Waals surface area contributed by atoms with Crippen LogP contribution in [0, 0.1) is 0 Å². The molecular formula is C18H25Cl2N2O4PS. The van der Waals surface area contributed by atoms with Gasteiger partial charge in [-0.2, -0.15) is 0 Å². The van der Waals surface area contributed by atoms with Crippen LogP contribution in [0.2, 0.25) is 0 Å². The van der Waals surface area contributed by atoms with Gasteiger partial charge in [0.05, 0.1) is 25.7 Å². The minimum Gasteiger partial charge on any atom is -0.496 e. The number of hydrogen-bond acceptors (Lipinski definition) is 5. The SMILES string of the molecule is COc1c(COP(N)(=O)N(CCCl)CCCl)c(SC)c(OC)c2ccccc12. The van der Waals surface area contributed by atoms with Crippen molar-refractivity contribution in [1.82, 2.24) is 4.67 Å². The minimum atomic E-state index is -3.59. The molecule has 0 radical (unpaired) electrons. The lowest BCUT2D eigenvalue weighted by atomic mass is 10.0. The van der Waals surface area contributed by atoms with Crippen LogP contribution in [0.4, 0.5) is 0 Å². The van der Waals surface area contributed by atoms with Gasteiger partial charge in [-0.1, -0.05) is 24.3 Å². The average Bonchev–Trinajstić information content (AvgIpc) is 2.70. The Kier molecular flexibility index (Phi) is 9.22. The summed E-state index contributed by atoms with van der Waals surface area (Å²) in [5.41, 5.74) is 6.74. The largest absolute Gasteiger partial charge is 0.496 e. The Morgan fingerprint density at radius 3 is 2.07 bits per heavy atom. The summed E-state index contributed by atoms with van der Waals surface area (Å²) in [4.78, 5) is 0.847. The highest BCUT2D eigenvalue weighted by Crippen LogP contribution is 2.48. The molecule has 0 bridgehead atoms. The van der Waals surface area contributed by atoms with Crippen LogP contribution in [0.3, 0.4) is 0 Å². The molecule has 1 unspecified atom stereocenters. The Morgan fingerprint density at radius 2 is 1.61 bits per heavy atom. The second-order valence-corrected chi connectivity index (χ2v) is 9.32. The second kappa shape index (κ2) is 10.9. The van der Waals surface area contributed by atoms with E-state index in [-0.39, 0.29) is 18.4 Å². The average molecular weight is 467 g/mol. The number of thioether (sulfide) groups is 1. The summed E-state index contributed by atoms with van der Waals surface area (Å²) < 4.78 is 31.5. The van der Waals surface area contributed by atoms with E-state index in [1.54, 1.807) is 14.2 Å². The van der Waals surface area contributed by atoms with Crippen molar-refractivity contribution in [3.63, 3.8) is 0 Å². The number of hydrogen-bond donors (Lipinski definition) is 1. The van der Waals surface area contributed by atoms with E-state index >= 15 is 0 Å². The maximum Gasteiger partial charge on any atom is 0.341 e. The number of nitrogens with two attached hydrogens (primary N) is 1. The van der Waals surface area contributed by atoms with Crippen molar-refractivity contribution in [2.75, 3.05) is 45.3 Å². The molecule has 0 aliphatic rings. The summed E-state index contributed by atoms with van der Waals surface area (Å²) in [7, 11) is -0.372. The molecule has 0 amide bonds. The van der Waals surface area contributed by atoms with Gasteiger partial charge in [-0.25, -0.2) is 10.2 Å². The quantitative estimate of drug-likeness (QED) is 0.285. The molecule has 2 N–H and O–H groups in total. The number of nitrogens with zero attached hydrogens (tertiary/aromatic N) is 1. The number of benzene rings is 2. The Morgan fingerprint density at radius 1 is 1.07 bits per heavy atom. The van der Waals surface area contributed by atoms with Crippen LogP contribution in [-0.2, 0) is 15.7 Å². The lowest BCUT2D eigenvalue weighted by molar-refractivity contribution is 0.250. The van der Waals surface area contributed by atoms with E-state index in [4.69, 9.17) is 42.7 Å². The summed E-state index contributed by atoms with van der Waals surface area (Å²) >= 11 is 13.1. The van der Waals surface area contributed by atoms with Gasteiger partial charge in [0, 0.05) is 41.2 Å². The van der Waals surface area contributed by atoms with Crippen LogP contribution in [0.15, 0.2) is 29.2 Å². The molecule has 28 heavy (non-hydrogen) atoms. The van der Waals surface area contributed by atoms with Crippen molar-refractivity contribution in [2.24, 2.45) is 5.50 Å². The van der Waals surface area contributed by atoms with Crippen LogP contribution < -0.4 is 15.0 Å². The van der Waals surface area contributed by atoms with Crippen LogP contribution in [-0.4, -0.2) is 50.0 Å². The zero-order valence-electron chi connectivity index (χ0n) is 16.1. The van der Waals surface area contributed by atoms with E-state index in [1.165, 1.54) is 16.4 Å². The van der Waals surface area contributed by atoms with Crippen molar-refractivity contribution in [1.29, 1.82) is 0 Å². The molecule has 0 aliphatic heterocycles. The molecule has 6 nitrogen and oxygen atoms in total. The van der Waals surface area contributed by atoms with Crippen molar-refractivity contribution in [3.8, 4) is 11.5 Å². The van der Waals surface area contributed by atoms with Gasteiger partial charge in [0.25, 0.3) is 0 Å². The van der Waals surface area contributed by atoms with Gasteiger partial charge < -0.3 is 14.0 Å². The van der Waals surface area contributed by atoms with E-state index in [0.29, 0.717) is 24.6 Å². The predicted molar refractivity (Wildman–Crippen MR) is 118 cm³/mol. The van der Waals surface area contributed by atoms with Crippen LogP contribution in [0.5, 0.6) is 11.5 Å². The van der Waals surface area contributed by atoms with E-state index in [2.05, 4.69) is 0 Å².